The van der Waals surface area contributed by atoms with E-state index in [0.29, 0.717) is 19.0 Å². The minimum absolute atomic E-state index is 0.0785. The van der Waals surface area contributed by atoms with Crippen LogP contribution in [0.2, 0.25) is 0 Å². The number of nitrogens with zero attached hydrogens (tertiary/aromatic N) is 3. The molecule has 7 heteroatoms. The Morgan fingerprint density at radius 3 is 2.72 bits per heavy atom. The summed E-state index contributed by atoms with van der Waals surface area (Å²) in [6.45, 7) is 3.30. The average Bonchev–Trinajstić information content (AvgIpc) is 2.49. The molecule has 2 heterocycles. The van der Waals surface area contributed by atoms with Crippen molar-refractivity contribution >= 4 is 15.8 Å². The van der Waals surface area contributed by atoms with Crippen LogP contribution in [0.1, 0.15) is 26.2 Å². The lowest BCUT2D eigenvalue weighted by Gasteiger charge is -2.19. The number of hydrogen-bond acceptors (Lipinski definition) is 4. The van der Waals surface area contributed by atoms with Gasteiger partial charge < -0.3 is 5.73 Å². The third-order valence-corrected chi connectivity index (χ3v) is 5.33. The Labute approximate surface area is 108 Å². The summed E-state index contributed by atoms with van der Waals surface area (Å²) in [5.74, 6) is 0.659. The number of anilines is 1. The van der Waals surface area contributed by atoms with Crippen LogP contribution in [0.5, 0.6) is 0 Å². The monoisotopic (exact) mass is 272 g/mol. The van der Waals surface area contributed by atoms with E-state index in [1.54, 1.807) is 7.05 Å². The first-order valence-electron chi connectivity index (χ1n) is 6.20. The third kappa shape index (κ3) is 2.51. The Kier molecular flexibility index (Phi) is 3.63. The van der Waals surface area contributed by atoms with Crippen molar-refractivity contribution in [3.05, 3.63) is 6.20 Å². The fourth-order valence-electron chi connectivity index (χ4n) is 2.30. The van der Waals surface area contributed by atoms with E-state index in [9.17, 15) is 8.42 Å². The molecule has 0 aliphatic carbocycles. The van der Waals surface area contributed by atoms with Crippen LogP contribution in [0.15, 0.2) is 11.1 Å². The van der Waals surface area contributed by atoms with Crippen LogP contribution in [0.3, 0.4) is 0 Å². The van der Waals surface area contributed by atoms with Gasteiger partial charge in [0.15, 0.2) is 5.82 Å². The molecule has 18 heavy (non-hydrogen) atoms. The molecular formula is C11H20N4O2S. The Hall–Kier alpha value is -1.08. The summed E-state index contributed by atoms with van der Waals surface area (Å²) in [5.41, 5.74) is 5.66. The number of aromatic nitrogens is 2. The summed E-state index contributed by atoms with van der Waals surface area (Å²) < 4.78 is 27.9. The second kappa shape index (κ2) is 4.89. The summed E-state index contributed by atoms with van der Waals surface area (Å²) >= 11 is 0. The fraction of sp³-hybridized carbons (Fsp3) is 0.727. The van der Waals surface area contributed by atoms with Gasteiger partial charge >= 0.3 is 0 Å². The molecule has 0 amide bonds. The molecule has 0 aromatic carbocycles. The van der Waals surface area contributed by atoms with Crippen molar-refractivity contribution in [3.63, 3.8) is 0 Å². The van der Waals surface area contributed by atoms with Gasteiger partial charge in [-0.2, -0.15) is 9.40 Å². The van der Waals surface area contributed by atoms with Crippen LogP contribution in [0.25, 0.3) is 0 Å². The molecule has 1 fully saturated rings. The van der Waals surface area contributed by atoms with E-state index in [0.717, 1.165) is 19.3 Å². The van der Waals surface area contributed by atoms with Crippen molar-refractivity contribution in [2.24, 2.45) is 13.0 Å². The molecular weight excluding hydrogens is 252 g/mol. The number of rotatable bonds is 2. The molecule has 1 aromatic heterocycles. The van der Waals surface area contributed by atoms with Crippen molar-refractivity contribution in [1.29, 1.82) is 0 Å². The maximum Gasteiger partial charge on any atom is 0.248 e. The Morgan fingerprint density at radius 1 is 1.39 bits per heavy atom. The van der Waals surface area contributed by atoms with Crippen LogP contribution < -0.4 is 5.73 Å². The lowest BCUT2D eigenvalue weighted by molar-refractivity contribution is 0.417. The van der Waals surface area contributed by atoms with E-state index in [1.165, 1.54) is 15.2 Å². The number of nitrogen functional groups attached to an aromatic ring is 1. The number of aryl methyl sites for hydroxylation is 1. The zero-order valence-electron chi connectivity index (χ0n) is 10.8. The van der Waals surface area contributed by atoms with Gasteiger partial charge in [-0.15, -0.1) is 0 Å². The third-order valence-electron chi connectivity index (χ3n) is 3.42. The Morgan fingerprint density at radius 2 is 2.11 bits per heavy atom. The minimum atomic E-state index is -3.49. The highest BCUT2D eigenvalue weighted by Crippen LogP contribution is 2.25. The van der Waals surface area contributed by atoms with Crippen molar-refractivity contribution in [3.8, 4) is 0 Å². The molecule has 1 aromatic rings. The summed E-state index contributed by atoms with van der Waals surface area (Å²) in [6, 6.07) is 0. The van der Waals surface area contributed by atoms with Gasteiger partial charge in [0.25, 0.3) is 0 Å². The molecule has 0 bridgehead atoms. The summed E-state index contributed by atoms with van der Waals surface area (Å²) in [4.78, 5) is 0.125. The van der Waals surface area contributed by atoms with Gasteiger partial charge in [-0.1, -0.05) is 6.92 Å². The molecule has 1 unspecified atom stereocenters. The second-order valence-electron chi connectivity index (χ2n) is 4.99. The number of hydrogen-bond donors (Lipinski definition) is 1. The van der Waals surface area contributed by atoms with E-state index >= 15 is 0 Å². The van der Waals surface area contributed by atoms with Crippen LogP contribution >= 0.6 is 0 Å². The zero-order valence-corrected chi connectivity index (χ0v) is 11.7. The van der Waals surface area contributed by atoms with Gasteiger partial charge in [-0.3, -0.25) is 4.68 Å². The van der Waals surface area contributed by atoms with Crippen molar-refractivity contribution in [2.75, 3.05) is 18.8 Å². The van der Waals surface area contributed by atoms with Gasteiger partial charge in [0.1, 0.15) is 4.90 Å². The van der Waals surface area contributed by atoms with Crippen LogP contribution in [0, 0.1) is 5.92 Å². The minimum Gasteiger partial charge on any atom is -0.381 e. The molecule has 0 saturated carbocycles. The lowest BCUT2D eigenvalue weighted by atomic mass is 10.0. The van der Waals surface area contributed by atoms with Crippen LogP contribution in [0.4, 0.5) is 5.82 Å². The maximum atomic E-state index is 12.5. The smallest absolute Gasteiger partial charge is 0.248 e. The van der Waals surface area contributed by atoms with Crippen LogP contribution in [-0.4, -0.2) is 35.6 Å². The Balaban J connectivity index is 2.28. The number of nitrogens with two attached hydrogens (primary N) is 1. The molecule has 2 N–H and O–H groups in total. The first-order chi connectivity index (χ1) is 8.41. The predicted molar refractivity (Wildman–Crippen MR) is 69.4 cm³/mol. The molecule has 2 rings (SSSR count). The van der Waals surface area contributed by atoms with Crippen molar-refractivity contribution < 1.29 is 8.42 Å². The molecule has 1 aliphatic rings. The molecule has 0 spiro atoms. The summed E-state index contributed by atoms with van der Waals surface area (Å²) in [5, 5.41) is 3.90. The lowest BCUT2D eigenvalue weighted by Crippen LogP contribution is -2.32. The average molecular weight is 272 g/mol. The van der Waals surface area contributed by atoms with Crippen molar-refractivity contribution in [1.82, 2.24) is 14.1 Å². The molecule has 6 nitrogen and oxygen atoms in total. The predicted octanol–water partition coefficient (Wildman–Crippen LogP) is 0.813. The quantitative estimate of drug-likeness (QED) is 0.864. The highest BCUT2D eigenvalue weighted by molar-refractivity contribution is 7.89. The van der Waals surface area contributed by atoms with E-state index in [-0.39, 0.29) is 10.7 Å². The highest BCUT2D eigenvalue weighted by Gasteiger charge is 2.29. The molecule has 0 radical (unpaired) electrons. The topological polar surface area (TPSA) is 81.2 Å². The highest BCUT2D eigenvalue weighted by atomic mass is 32.2. The zero-order chi connectivity index (χ0) is 13.3. The van der Waals surface area contributed by atoms with Crippen molar-refractivity contribution in [2.45, 2.75) is 31.1 Å². The summed E-state index contributed by atoms with van der Waals surface area (Å²) in [7, 11) is -1.83. The molecule has 1 atom stereocenters. The second-order valence-corrected chi connectivity index (χ2v) is 6.90. The maximum absolute atomic E-state index is 12.5. The SMILES string of the molecule is CC1CCCN(S(=O)(=O)c2cn(C)nc2N)CC1. The largest absolute Gasteiger partial charge is 0.381 e. The fourth-order valence-corrected chi connectivity index (χ4v) is 3.88. The van der Waals surface area contributed by atoms with Gasteiger partial charge in [-0.25, -0.2) is 8.42 Å². The molecule has 1 saturated heterocycles. The molecule has 1 aliphatic heterocycles. The van der Waals surface area contributed by atoms with E-state index in [4.69, 9.17) is 5.73 Å². The van der Waals surface area contributed by atoms with Gasteiger partial charge in [-0.05, 0) is 25.2 Å². The van der Waals surface area contributed by atoms with Gasteiger partial charge in [0.05, 0.1) is 0 Å². The Bertz CT molecular complexity index is 523. The summed E-state index contributed by atoms with van der Waals surface area (Å²) in [6.07, 6.45) is 4.35. The first kappa shape index (κ1) is 13.4. The first-order valence-corrected chi connectivity index (χ1v) is 7.64. The molecule has 102 valence electrons. The van der Waals surface area contributed by atoms with E-state index < -0.39 is 10.0 Å². The van der Waals surface area contributed by atoms with Gasteiger partial charge in [0, 0.05) is 26.3 Å². The van der Waals surface area contributed by atoms with E-state index in [1.807, 2.05) is 0 Å². The number of sulfonamides is 1. The van der Waals surface area contributed by atoms with E-state index in [2.05, 4.69) is 12.0 Å². The normalized spacial score (nSPS) is 22.9. The van der Waals surface area contributed by atoms with Gasteiger partial charge in [0.2, 0.25) is 10.0 Å². The standard InChI is InChI=1S/C11H20N4O2S/c1-9-4-3-6-15(7-5-9)18(16,17)10-8-14(2)13-11(10)12/h8-9H,3-7H2,1-2H3,(H2,12,13). The van der Waals surface area contributed by atoms with Crippen LogP contribution in [-0.2, 0) is 17.1 Å².